The average molecular weight is 297 g/mol. The quantitative estimate of drug-likeness (QED) is 0.890. The molecule has 0 spiro atoms. The van der Waals surface area contributed by atoms with E-state index in [4.69, 9.17) is 0 Å². The van der Waals surface area contributed by atoms with Gasteiger partial charge in [-0.25, -0.2) is 0 Å². The lowest BCUT2D eigenvalue weighted by Gasteiger charge is -2.35. The van der Waals surface area contributed by atoms with Crippen molar-refractivity contribution in [2.24, 2.45) is 11.8 Å². The van der Waals surface area contributed by atoms with Crippen LogP contribution in [0.15, 0.2) is 30.3 Å². The van der Waals surface area contributed by atoms with Crippen molar-refractivity contribution in [2.75, 3.05) is 26.7 Å². The van der Waals surface area contributed by atoms with Gasteiger partial charge in [-0.05, 0) is 50.4 Å². The molecule has 0 saturated carbocycles. The molecule has 1 aromatic rings. The van der Waals surface area contributed by atoms with Gasteiger partial charge in [-0.3, -0.25) is 4.90 Å². The normalized spacial score (nSPS) is 20.8. The van der Waals surface area contributed by atoms with Crippen LogP contribution in [-0.2, 0) is 0 Å². The third kappa shape index (κ3) is 4.76. The van der Waals surface area contributed by atoms with Crippen LogP contribution in [0.3, 0.4) is 0 Å². The Morgan fingerprint density at radius 2 is 1.95 bits per heavy atom. The molecule has 1 heterocycles. The second-order valence-corrected chi connectivity index (χ2v) is 6.25. The maximum absolute atomic E-state index is 3.52. The van der Waals surface area contributed by atoms with E-state index in [1.54, 1.807) is 0 Å². The number of nitrogens with one attached hydrogen (secondary N) is 1. The summed E-state index contributed by atoms with van der Waals surface area (Å²) in [5, 5.41) is 3.52. The molecule has 1 fully saturated rings. The lowest BCUT2D eigenvalue weighted by Crippen LogP contribution is -2.39. The molecule has 20 heavy (non-hydrogen) atoms. The maximum Gasteiger partial charge on any atom is 0.0368 e. The summed E-state index contributed by atoms with van der Waals surface area (Å²) in [6, 6.07) is 11.5. The smallest absolute Gasteiger partial charge is 0.0368 e. The van der Waals surface area contributed by atoms with Crippen LogP contribution in [0.4, 0.5) is 0 Å². The van der Waals surface area contributed by atoms with Crippen LogP contribution in [0.1, 0.15) is 38.3 Å². The first-order valence-corrected chi connectivity index (χ1v) is 7.64. The highest BCUT2D eigenvalue weighted by Gasteiger charge is 2.23. The van der Waals surface area contributed by atoms with Gasteiger partial charge in [-0.1, -0.05) is 44.2 Å². The summed E-state index contributed by atoms with van der Waals surface area (Å²) < 4.78 is 0. The van der Waals surface area contributed by atoms with Crippen LogP contribution in [0.5, 0.6) is 0 Å². The lowest BCUT2D eigenvalue weighted by atomic mass is 9.92. The summed E-state index contributed by atoms with van der Waals surface area (Å²) in [7, 11) is 2.28. The van der Waals surface area contributed by atoms with Crippen LogP contribution < -0.4 is 5.32 Å². The predicted octanol–water partition coefficient (Wildman–Crippen LogP) is 3.74. The van der Waals surface area contributed by atoms with Crippen LogP contribution in [0.25, 0.3) is 0 Å². The summed E-state index contributed by atoms with van der Waals surface area (Å²) in [4.78, 5) is 2.55. The van der Waals surface area contributed by atoms with E-state index in [1.165, 1.54) is 38.0 Å². The molecular weight excluding hydrogens is 268 g/mol. The van der Waals surface area contributed by atoms with Gasteiger partial charge < -0.3 is 5.32 Å². The van der Waals surface area contributed by atoms with Crippen LogP contribution in [0, 0.1) is 11.8 Å². The molecule has 1 aliphatic heterocycles. The minimum atomic E-state index is 0. The molecule has 2 rings (SSSR count). The molecule has 3 heteroatoms. The van der Waals surface area contributed by atoms with E-state index in [9.17, 15) is 0 Å². The zero-order chi connectivity index (χ0) is 13.7. The zero-order valence-corrected chi connectivity index (χ0v) is 13.8. The van der Waals surface area contributed by atoms with Crippen LogP contribution in [0.2, 0.25) is 0 Å². The monoisotopic (exact) mass is 296 g/mol. The Kier molecular flexibility index (Phi) is 7.57. The minimum Gasteiger partial charge on any atom is -0.316 e. The van der Waals surface area contributed by atoms with Gasteiger partial charge >= 0.3 is 0 Å². The second kappa shape index (κ2) is 8.66. The Labute approximate surface area is 130 Å². The minimum absolute atomic E-state index is 0. The molecule has 2 atom stereocenters. The van der Waals surface area contributed by atoms with Crippen LogP contribution >= 0.6 is 12.4 Å². The summed E-state index contributed by atoms with van der Waals surface area (Å²) in [5.74, 6) is 1.45. The number of nitrogens with zero attached hydrogens (tertiary/aromatic N) is 1. The molecule has 0 amide bonds. The Morgan fingerprint density at radius 1 is 1.25 bits per heavy atom. The summed E-state index contributed by atoms with van der Waals surface area (Å²) in [6.07, 6.45) is 2.70. The van der Waals surface area contributed by atoms with Crippen molar-refractivity contribution in [1.29, 1.82) is 0 Å². The Bertz CT molecular complexity index is 361. The van der Waals surface area contributed by atoms with E-state index in [1.807, 2.05) is 0 Å². The second-order valence-electron chi connectivity index (χ2n) is 6.25. The highest BCUT2D eigenvalue weighted by atomic mass is 35.5. The number of piperidine rings is 1. The molecule has 114 valence electrons. The first-order chi connectivity index (χ1) is 9.18. The largest absolute Gasteiger partial charge is 0.316 e. The lowest BCUT2D eigenvalue weighted by molar-refractivity contribution is 0.154. The molecular formula is C17H29ClN2. The van der Waals surface area contributed by atoms with Gasteiger partial charge in [0.05, 0.1) is 0 Å². The van der Waals surface area contributed by atoms with E-state index in [-0.39, 0.29) is 12.4 Å². The van der Waals surface area contributed by atoms with Crippen molar-refractivity contribution >= 4 is 12.4 Å². The van der Waals surface area contributed by atoms with Gasteiger partial charge in [0.2, 0.25) is 0 Å². The third-order valence-electron chi connectivity index (χ3n) is 4.19. The predicted molar refractivity (Wildman–Crippen MR) is 89.5 cm³/mol. The van der Waals surface area contributed by atoms with Gasteiger partial charge in [-0.2, -0.15) is 0 Å². The van der Waals surface area contributed by atoms with Gasteiger partial charge in [0.1, 0.15) is 0 Å². The first-order valence-electron chi connectivity index (χ1n) is 7.64. The average Bonchev–Trinajstić information content (AvgIpc) is 2.40. The van der Waals surface area contributed by atoms with Crippen LogP contribution in [-0.4, -0.2) is 31.6 Å². The molecule has 0 bridgehead atoms. The van der Waals surface area contributed by atoms with Crippen molar-refractivity contribution in [2.45, 2.75) is 32.7 Å². The number of rotatable bonds is 5. The molecule has 1 N–H and O–H groups in total. The van der Waals surface area contributed by atoms with Gasteiger partial charge in [0.15, 0.2) is 0 Å². The molecule has 2 nitrogen and oxygen atoms in total. The molecule has 1 aliphatic rings. The topological polar surface area (TPSA) is 15.3 Å². The fourth-order valence-electron chi connectivity index (χ4n) is 3.40. The number of halogens is 1. The molecule has 0 radical (unpaired) electrons. The third-order valence-corrected chi connectivity index (χ3v) is 4.19. The molecule has 2 unspecified atom stereocenters. The van der Waals surface area contributed by atoms with E-state index in [0.29, 0.717) is 12.0 Å². The van der Waals surface area contributed by atoms with Crippen molar-refractivity contribution in [3.8, 4) is 0 Å². The van der Waals surface area contributed by atoms with Crippen molar-refractivity contribution in [1.82, 2.24) is 10.2 Å². The summed E-state index contributed by atoms with van der Waals surface area (Å²) >= 11 is 0. The van der Waals surface area contributed by atoms with E-state index in [0.717, 1.165) is 5.92 Å². The van der Waals surface area contributed by atoms with E-state index >= 15 is 0 Å². The highest BCUT2D eigenvalue weighted by molar-refractivity contribution is 5.85. The molecule has 0 aliphatic carbocycles. The number of benzene rings is 1. The van der Waals surface area contributed by atoms with Crippen molar-refractivity contribution < 1.29 is 0 Å². The van der Waals surface area contributed by atoms with E-state index in [2.05, 4.69) is 61.4 Å². The maximum atomic E-state index is 3.52. The molecule has 1 saturated heterocycles. The van der Waals surface area contributed by atoms with Crippen molar-refractivity contribution in [3.63, 3.8) is 0 Å². The van der Waals surface area contributed by atoms with Gasteiger partial charge in [0, 0.05) is 12.6 Å². The Morgan fingerprint density at radius 3 is 2.50 bits per heavy atom. The Hall–Kier alpha value is -0.570. The highest BCUT2D eigenvalue weighted by Crippen LogP contribution is 2.28. The fourth-order valence-corrected chi connectivity index (χ4v) is 3.40. The summed E-state index contributed by atoms with van der Waals surface area (Å²) in [5.41, 5.74) is 1.45. The summed E-state index contributed by atoms with van der Waals surface area (Å²) in [6.45, 7) is 8.24. The van der Waals surface area contributed by atoms with Crippen molar-refractivity contribution in [3.05, 3.63) is 35.9 Å². The van der Waals surface area contributed by atoms with Gasteiger partial charge in [0.25, 0.3) is 0 Å². The molecule has 0 aromatic heterocycles. The molecule has 1 aromatic carbocycles. The zero-order valence-electron chi connectivity index (χ0n) is 13.0. The number of hydrogen-bond donors (Lipinski definition) is 1. The SMILES string of the molecule is CC(C)C(c1ccccc1)N(C)CC1CCCNC1.Cl. The first kappa shape index (κ1) is 17.5. The standard InChI is InChI=1S/C17H28N2.ClH/c1-14(2)17(16-9-5-4-6-10-16)19(3)13-15-8-7-11-18-12-15;/h4-6,9-10,14-15,17-18H,7-8,11-13H2,1-3H3;1H. The van der Waals surface area contributed by atoms with Gasteiger partial charge in [-0.15, -0.1) is 12.4 Å². The van der Waals surface area contributed by atoms with E-state index < -0.39 is 0 Å². The number of hydrogen-bond acceptors (Lipinski definition) is 2. The fraction of sp³-hybridized carbons (Fsp3) is 0.647. The Balaban J connectivity index is 0.00000200.